The fourth-order valence-corrected chi connectivity index (χ4v) is 1.93. The maximum atomic E-state index is 8.97. The van der Waals surface area contributed by atoms with Crippen molar-refractivity contribution in [2.24, 2.45) is 5.41 Å². The van der Waals surface area contributed by atoms with E-state index in [-0.39, 0.29) is 18.1 Å². The van der Waals surface area contributed by atoms with Gasteiger partial charge in [-0.2, -0.15) is 0 Å². The number of nitrogens with zero attached hydrogens (tertiary/aromatic N) is 1. The molecule has 0 saturated heterocycles. The Kier molecular flexibility index (Phi) is 5.37. The van der Waals surface area contributed by atoms with Crippen LogP contribution in [0.1, 0.15) is 38.8 Å². The topological polar surface area (TPSA) is 45.1 Å². The quantitative estimate of drug-likeness (QED) is 0.770. The Morgan fingerprint density at radius 1 is 1.53 bits per heavy atom. The molecule has 1 aromatic heterocycles. The van der Waals surface area contributed by atoms with E-state index >= 15 is 0 Å². The van der Waals surface area contributed by atoms with E-state index < -0.39 is 0 Å². The Morgan fingerprint density at radius 2 is 2.24 bits per heavy atom. The molecule has 0 aliphatic carbocycles. The zero-order chi connectivity index (χ0) is 12.9. The van der Waals surface area contributed by atoms with Gasteiger partial charge in [0, 0.05) is 31.0 Å². The molecule has 4 heteroatoms. The monoisotopic (exact) mass is 256 g/mol. The van der Waals surface area contributed by atoms with E-state index in [1.807, 2.05) is 12.1 Å². The zero-order valence-electron chi connectivity index (χ0n) is 10.7. The molecule has 0 aliphatic rings. The number of aliphatic hydroxyl groups excluding tert-OH is 1. The van der Waals surface area contributed by atoms with Crippen molar-refractivity contribution in [1.29, 1.82) is 0 Å². The summed E-state index contributed by atoms with van der Waals surface area (Å²) in [4.78, 5) is 4.07. The van der Waals surface area contributed by atoms with E-state index in [1.165, 1.54) is 0 Å². The Labute approximate surface area is 108 Å². The Balaban J connectivity index is 2.56. The number of hydrogen-bond acceptors (Lipinski definition) is 3. The number of nitrogens with one attached hydrogen (secondary N) is 1. The second kappa shape index (κ2) is 6.34. The standard InChI is InChI=1S/C13H21ClN2O/c1-10(11-5-4-7-15-12(11)14)16-9-13(2,3)6-8-17/h4-5,7,10,16-17H,6,8-9H2,1-3H3. The highest BCUT2D eigenvalue weighted by atomic mass is 35.5. The molecule has 0 aromatic carbocycles. The van der Waals surface area contributed by atoms with Crippen molar-refractivity contribution in [2.45, 2.75) is 33.2 Å². The fraction of sp³-hybridized carbons (Fsp3) is 0.615. The summed E-state index contributed by atoms with van der Waals surface area (Å²) in [7, 11) is 0. The molecular weight excluding hydrogens is 236 g/mol. The van der Waals surface area contributed by atoms with Gasteiger partial charge in [0.25, 0.3) is 0 Å². The molecule has 0 radical (unpaired) electrons. The lowest BCUT2D eigenvalue weighted by Gasteiger charge is -2.26. The van der Waals surface area contributed by atoms with Crippen molar-refractivity contribution >= 4 is 11.6 Å². The number of pyridine rings is 1. The van der Waals surface area contributed by atoms with Gasteiger partial charge in [-0.05, 0) is 24.8 Å². The van der Waals surface area contributed by atoms with Crippen LogP contribution in [0.3, 0.4) is 0 Å². The third-order valence-corrected chi connectivity index (χ3v) is 3.25. The first-order valence-corrected chi connectivity index (χ1v) is 6.29. The average molecular weight is 257 g/mol. The van der Waals surface area contributed by atoms with E-state index in [1.54, 1.807) is 6.20 Å². The molecule has 0 aliphatic heterocycles. The van der Waals surface area contributed by atoms with Crippen molar-refractivity contribution in [2.75, 3.05) is 13.2 Å². The SMILES string of the molecule is CC(NCC(C)(C)CCO)c1cccnc1Cl. The Morgan fingerprint density at radius 3 is 2.82 bits per heavy atom. The van der Waals surface area contributed by atoms with Crippen molar-refractivity contribution in [3.8, 4) is 0 Å². The molecule has 1 atom stereocenters. The van der Waals surface area contributed by atoms with Crippen molar-refractivity contribution < 1.29 is 5.11 Å². The van der Waals surface area contributed by atoms with Gasteiger partial charge >= 0.3 is 0 Å². The van der Waals surface area contributed by atoms with E-state index in [0.29, 0.717) is 5.15 Å². The molecule has 0 fully saturated rings. The van der Waals surface area contributed by atoms with Crippen LogP contribution in [0, 0.1) is 5.41 Å². The normalized spacial score (nSPS) is 13.7. The van der Waals surface area contributed by atoms with Gasteiger partial charge < -0.3 is 10.4 Å². The van der Waals surface area contributed by atoms with Crippen molar-refractivity contribution in [1.82, 2.24) is 10.3 Å². The summed E-state index contributed by atoms with van der Waals surface area (Å²) in [5, 5.41) is 12.9. The molecule has 0 bridgehead atoms. The summed E-state index contributed by atoms with van der Waals surface area (Å²) < 4.78 is 0. The molecule has 1 rings (SSSR count). The highest BCUT2D eigenvalue weighted by Gasteiger charge is 2.19. The second-order valence-corrected chi connectivity index (χ2v) is 5.48. The highest BCUT2D eigenvalue weighted by molar-refractivity contribution is 6.30. The largest absolute Gasteiger partial charge is 0.396 e. The van der Waals surface area contributed by atoms with Crippen LogP contribution < -0.4 is 5.32 Å². The van der Waals surface area contributed by atoms with Crippen LogP contribution in [0.4, 0.5) is 0 Å². The summed E-state index contributed by atoms with van der Waals surface area (Å²) in [5.41, 5.74) is 1.09. The second-order valence-electron chi connectivity index (χ2n) is 5.12. The predicted molar refractivity (Wildman–Crippen MR) is 71.1 cm³/mol. The molecule has 1 unspecified atom stereocenters. The van der Waals surface area contributed by atoms with Crippen LogP contribution >= 0.6 is 11.6 Å². The fourth-order valence-electron chi connectivity index (χ4n) is 1.65. The molecule has 0 amide bonds. The molecule has 3 nitrogen and oxygen atoms in total. The van der Waals surface area contributed by atoms with Gasteiger partial charge in [-0.1, -0.05) is 31.5 Å². The van der Waals surface area contributed by atoms with Crippen LogP contribution in [-0.4, -0.2) is 23.2 Å². The van der Waals surface area contributed by atoms with Crippen molar-refractivity contribution in [3.63, 3.8) is 0 Å². The Bertz CT molecular complexity index is 355. The minimum atomic E-state index is 0.0810. The predicted octanol–water partition coefficient (Wildman–Crippen LogP) is 2.79. The summed E-state index contributed by atoms with van der Waals surface area (Å²) >= 11 is 6.04. The van der Waals surface area contributed by atoms with E-state index in [2.05, 4.69) is 31.1 Å². The van der Waals surface area contributed by atoms with Gasteiger partial charge in [0.05, 0.1) is 0 Å². The Hall–Kier alpha value is -0.640. The van der Waals surface area contributed by atoms with Crippen LogP contribution in [-0.2, 0) is 0 Å². The van der Waals surface area contributed by atoms with Crippen LogP contribution in [0.2, 0.25) is 5.15 Å². The number of hydrogen-bond donors (Lipinski definition) is 2. The average Bonchev–Trinajstić information content (AvgIpc) is 2.27. The van der Waals surface area contributed by atoms with Gasteiger partial charge in [-0.3, -0.25) is 0 Å². The van der Waals surface area contributed by atoms with Crippen LogP contribution in [0.5, 0.6) is 0 Å². The molecule has 17 heavy (non-hydrogen) atoms. The lowest BCUT2D eigenvalue weighted by atomic mass is 9.89. The van der Waals surface area contributed by atoms with Gasteiger partial charge in [0.15, 0.2) is 0 Å². The van der Waals surface area contributed by atoms with Crippen LogP contribution in [0.15, 0.2) is 18.3 Å². The molecule has 2 N–H and O–H groups in total. The molecule has 0 saturated carbocycles. The molecule has 1 heterocycles. The number of aliphatic hydroxyl groups is 1. The van der Waals surface area contributed by atoms with Gasteiger partial charge in [-0.25, -0.2) is 4.98 Å². The summed E-state index contributed by atoms with van der Waals surface area (Å²) in [5.74, 6) is 0. The summed E-state index contributed by atoms with van der Waals surface area (Å²) in [6, 6.07) is 4.03. The smallest absolute Gasteiger partial charge is 0.133 e. The van der Waals surface area contributed by atoms with Gasteiger partial charge in [0.2, 0.25) is 0 Å². The van der Waals surface area contributed by atoms with E-state index in [0.717, 1.165) is 18.5 Å². The lowest BCUT2D eigenvalue weighted by Crippen LogP contribution is -2.32. The lowest BCUT2D eigenvalue weighted by molar-refractivity contribution is 0.203. The minimum absolute atomic E-state index is 0.0810. The van der Waals surface area contributed by atoms with E-state index in [9.17, 15) is 0 Å². The zero-order valence-corrected chi connectivity index (χ0v) is 11.5. The molecule has 0 spiro atoms. The first kappa shape index (κ1) is 14.4. The van der Waals surface area contributed by atoms with Gasteiger partial charge in [0.1, 0.15) is 5.15 Å². The highest BCUT2D eigenvalue weighted by Crippen LogP contribution is 2.23. The van der Waals surface area contributed by atoms with Gasteiger partial charge in [-0.15, -0.1) is 0 Å². The molecule has 1 aromatic rings. The molecule has 96 valence electrons. The van der Waals surface area contributed by atoms with Crippen LogP contribution in [0.25, 0.3) is 0 Å². The minimum Gasteiger partial charge on any atom is -0.396 e. The number of rotatable bonds is 6. The third kappa shape index (κ3) is 4.62. The number of aromatic nitrogens is 1. The third-order valence-electron chi connectivity index (χ3n) is 2.93. The summed E-state index contributed by atoms with van der Waals surface area (Å²) in [6.07, 6.45) is 2.47. The number of halogens is 1. The first-order valence-electron chi connectivity index (χ1n) is 5.91. The maximum Gasteiger partial charge on any atom is 0.133 e. The first-order chi connectivity index (χ1) is 7.96. The van der Waals surface area contributed by atoms with E-state index in [4.69, 9.17) is 16.7 Å². The van der Waals surface area contributed by atoms with Crippen molar-refractivity contribution in [3.05, 3.63) is 29.0 Å². The molecular formula is C13H21ClN2O. The maximum absolute atomic E-state index is 8.97. The summed E-state index contributed by atoms with van der Waals surface area (Å²) in [6.45, 7) is 7.39.